The third-order valence-corrected chi connectivity index (χ3v) is 5.33. The lowest BCUT2D eigenvalue weighted by molar-refractivity contribution is 0.0817. The molecular weight excluding hydrogens is 222 g/mol. The summed E-state index contributed by atoms with van der Waals surface area (Å²) in [6.07, 6.45) is 8.23. The van der Waals surface area contributed by atoms with Gasteiger partial charge in [-0.05, 0) is 19.8 Å². The van der Waals surface area contributed by atoms with E-state index in [-0.39, 0.29) is 0 Å². The van der Waals surface area contributed by atoms with Crippen molar-refractivity contribution in [1.82, 2.24) is 4.90 Å². The quantitative estimate of drug-likeness (QED) is 0.641. The van der Waals surface area contributed by atoms with Crippen LogP contribution in [0, 0.1) is 11.8 Å². The Bertz CT molecular complexity index is 243. The fourth-order valence-corrected chi connectivity index (χ4v) is 3.62. The minimum atomic E-state index is 0.443. The van der Waals surface area contributed by atoms with Gasteiger partial charge in [-0.3, -0.25) is 4.90 Å². The molecule has 2 aliphatic heterocycles. The first kappa shape index (κ1) is 14.3. The first-order chi connectivity index (χ1) is 8.69. The monoisotopic (exact) mass is 253 g/mol. The van der Waals surface area contributed by atoms with Crippen molar-refractivity contribution >= 4 is 0 Å². The van der Waals surface area contributed by atoms with Crippen LogP contribution in [-0.4, -0.2) is 36.7 Å². The van der Waals surface area contributed by atoms with Crippen molar-refractivity contribution in [3.8, 4) is 0 Å². The number of unbranched alkanes of at least 4 members (excludes halogenated alkanes) is 3. The van der Waals surface area contributed by atoms with Gasteiger partial charge >= 0.3 is 0 Å². The molecule has 0 aromatic carbocycles. The molecule has 2 fully saturated rings. The van der Waals surface area contributed by atoms with Gasteiger partial charge in [0, 0.05) is 30.5 Å². The summed E-state index contributed by atoms with van der Waals surface area (Å²) < 4.78 is 5.59. The average Bonchev–Trinajstić information content (AvgIpc) is 2.95. The van der Waals surface area contributed by atoms with E-state index in [4.69, 9.17) is 4.74 Å². The summed E-state index contributed by atoms with van der Waals surface area (Å²) in [5, 5.41) is 0. The summed E-state index contributed by atoms with van der Waals surface area (Å²) >= 11 is 0. The third-order valence-electron chi connectivity index (χ3n) is 5.33. The van der Waals surface area contributed by atoms with Crippen molar-refractivity contribution in [2.45, 2.75) is 64.8 Å². The summed E-state index contributed by atoms with van der Waals surface area (Å²) in [5.74, 6) is 1.65. The van der Waals surface area contributed by atoms with Crippen LogP contribution in [0.4, 0.5) is 0 Å². The zero-order valence-corrected chi connectivity index (χ0v) is 12.6. The molecule has 0 aliphatic carbocycles. The van der Waals surface area contributed by atoms with Gasteiger partial charge in [0.05, 0.1) is 13.2 Å². The second-order valence-corrected chi connectivity index (χ2v) is 6.62. The second kappa shape index (κ2) is 6.38. The number of rotatable bonds is 7. The molecule has 106 valence electrons. The molecule has 2 heterocycles. The lowest BCUT2D eigenvalue weighted by Gasteiger charge is -2.39. The standard InChI is InChI=1S/C16H31NO/c1-4-6-7-8-9-16(3,5-2)17-10-14-12-18-13-15(14)11-17/h14-15H,4-13H2,1-3H3. The molecule has 0 radical (unpaired) electrons. The fraction of sp³-hybridized carbons (Fsp3) is 1.00. The molecule has 0 saturated carbocycles. The van der Waals surface area contributed by atoms with Gasteiger partial charge in [0.25, 0.3) is 0 Å². The van der Waals surface area contributed by atoms with E-state index in [1.807, 2.05) is 0 Å². The van der Waals surface area contributed by atoms with Gasteiger partial charge in [-0.2, -0.15) is 0 Å². The molecule has 3 atom stereocenters. The Morgan fingerprint density at radius 1 is 1.06 bits per heavy atom. The topological polar surface area (TPSA) is 12.5 Å². The highest BCUT2D eigenvalue weighted by Gasteiger charge is 2.43. The Morgan fingerprint density at radius 2 is 1.72 bits per heavy atom. The molecule has 18 heavy (non-hydrogen) atoms. The van der Waals surface area contributed by atoms with Crippen LogP contribution in [-0.2, 0) is 4.74 Å². The normalized spacial score (nSPS) is 31.5. The summed E-state index contributed by atoms with van der Waals surface area (Å²) in [6.45, 7) is 11.7. The highest BCUT2D eigenvalue weighted by Crippen LogP contribution is 2.37. The maximum Gasteiger partial charge on any atom is 0.0510 e. The van der Waals surface area contributed by atoms with E-state index in [1.165, 1.54) is 51.6 Å². The Morgan fingerprint density at radius 3 is 2.28 bits per heavy atom. The molecule has 2 saturated heterocycles. The maximum atomic E-state index is 5.59. The number of hydrogen-bond acceptors (Lipinski definition) is 2. The minimum Gasteiger partial charge on any atom is -0.381 e. The molecule has 0 amide bonds. The molecule has 0 aromatic rings. The summed E-state index contributed by atoms with van der Waals surface area (Å²) in [4.78, 5) is 2.77. The van der Waals surface area contributed by atoms with Crippen LogP contribution in [0.5, 0.6) is 0 Å². The number of fused-ring (bicyclic) bond motifs is 1. The molecular formula is C16H31NO. The van der Waals surface area contributed by atoms with Gasteiger partial charge in [-0.15, -0.1) is 0 Å². The SMILES string of the molecule is CCCCCCC(C)(CC)N1CC2COCC2C1. The molecule has 0 N–H and O–H groups in total. The van der Waals surface area contributed by atoms with Gasteiger partial charge in [0.2, 0.25) is 0 Å². The number of hydrogen-bond donors (Lipinski definition) is 0. The van der Waals surface area contributed by atoms with E-state index in [2.05, 4.69) is 25.7 Å². The van der Waals surface area contributed by atoms with Crippen LogP contribution >= 0.6 is 0 Å². The predicted molar refractivity (Wildman–Crippen MR) is 76.8 cm³/mol. The van der Waals surface area contributed by atoms with E-state index >= 15 is 0 Å². The van der Waals surface area contributed by atoms with Crippen LogP contribution in [0.3, 0.4) is 0 Å². The van der Waals surface area contributed by atoms with Gasteiger partial charge in [-0.25, -0.2) is 0 Å². The predicted octanol–water partition coefficient (Wildman–Crippen LogP) is 3.70. The van der Waals surface area contributed by atoms with Crippen molar-refractivity contribution in [3.05, 3.63) is 0 Å². The Hall–Kier alpha value is -0.0800. The Labute approximate surface area is 113 Å². The lowest BCUT2D eigenvalue weighted by atomic mass is 9.89. The first-order valence-corrected chi connectivity index (χ1v) is 8.02. The minimum absolute atomic E-state index is 0.443. The molecule has 0 aromatic heterocycles. The highest BCUT2D eigenvalue weighted by atomic mass is 16.5. The molecule has 2 aliphatic rings. The fourth-order valence-electron chi connectivity index (χ4n) is 3.62. The van der Waals surface area contributed by atoms with Crippen LogP contribution in [0.25, 0.3) is 0 Å². The summed E-state index contributed by atoms with van der Waals surface area (Å²) in [7, 11) is 0. The number of likely N-dealkylation sites (tertiary alicyclic amines) is 1. The third kappa shape index (κ3) is 3.08. The molecule has 2 heteroatoms. The van der Waals surface area contributed by atoms with Crippen LogP contribution < -0.4 is 0 Å². The second-order valence-electron chi connectivity index (χ2n) is 6.62. The van der Waals surface area contributed by atoms with Crippen molar-refractivity contribution < 1.29 is 4.74 Å². The van der Waals surface area contributed by atoms with Crippen LogP contribution in [0.2, 0.25) is 0 Å². The summed E-state index contributed by atoms with van der Waals surface area (Å²) in [6, 6.07) is 0. The van der Waals surface area contributed by atoms with E-state index in [0.717, 1.165) is 25.0 Å². The number of nitrogens with zero attached hydrogens (tertiary/aromatic N) is 1. The van der Waals surface area contributed by atoms with Gasteiger partial charge in [0.1, 0.15) is 0 Å². The zero-order valence-electron chi connectivity index (χ0n) is 12.6. The van der Waals surface area contributed by atoms with Gasteiger partial charge in [0.15, 0.2) is 0 Å². The van der Waals surface area contributed by atoms with Crippen LogP contribution in [0.1, 0.15) is 59.3 Å². The Balaban J connectivity index is 1.83. The van der Waals surface area contributed by atoms with Crippen molar-refractivity contribution in [2.75, 3.05) is 26.3 Å². The smallest absolute Gasteiger partial charge is 0.0510 e. The largest absolute Gasteiger partial charge is 0.381 e. The maximum absolute atomic E-state index is 5.59. The lowest BCUT2D eigenvalue weighted by Crippen LogP contribution is -2.45. The number of ether oxygens (including phenoxy) is 1. The van der Waals surface area contributed by atoms with Gasteiger partial charge in [-0.1, -0.05) is 39.5 Å². The molecule has 2 nitrogen and oxygen atoms in total. The molecule has 0 bridgehead atoms. The van der Waals surface area contributed by atoms with Crippen LogP contribution in [0.15, 0.2) is 0 Å². The van der Waals surface area contributed by atoms with E-state index < -0.39 is 0 Å². The van der Waals surface area contributed by atoms with Crippen molar-refractivity contribution in [1.29, 1.82) is 0 Å². The van der Waals surface area contributed by atoms with E-state index in [0.29, 0.717) is 5.54 Å². The molecule has 3 unspecified atom stereocenters. The van der Waals surface area contributed by atoms with Crippen molar-refractivity contribution in [3.63, 3.8) is 0 Å². The first-order valence-electron chi connectivity index (χ1n) is 8.02. The average molecular weight is 253 g/mol. The van der Waals surface area contributed by atoms with Crippen molar-refractivity contribution in [2.24, 2.45) is 11.8 Å². The molecule has 0 spiro atoms. The Kier molecular flexibility index (Phi) is 5.08. The zero-order chi connectivity index (χ0) is 13.0. The summed E-state index contributed by atoms with van der Waals surface area (Å²) in [5.41, 5.74) is 0.443. The molecule has 2 rings (SSSR count). The van der Waals surface area contributed by atoms with Gasteiger partial charge < -0.3 is 4.74 Å². The van der Waals surface area contributed by atoms with E-state index in [1.54, 1.807) is 0 Å². The highest BCUT2D eigenvalue weighted by molar-refractivity contribution is 4.95. The van der Waals surface area contributed by atoms with E-state index in [9.17, 15) is 0 Å².